The number of aliphatic imine (C=N–C) groups is 1. The standard InChI is InChI=1S/C27H37N3O4/c1-5-19(6-2)12-14-23(31)22(16-20-10-8-7-9-11-20)29-27(28)30-26(32)18-21-13-15-24(33-3)25(17-21)34-4/h7-11,13,15,17,19,22H,5-6,12,14,16,18H2,1-4H3,(H3,28,29,30,32)/t22-/m1/s1. The van der Waals surface area contributed by atoms with Crippen molar-refractivity contribution in [1.29, 1.82) is 0 Å². The van der Waals surface area contributed by atoms with E-state index in [1.165, 1.54) is 0 Å². The average Bonchev–Trinajstić information content (AvgIpc) is 2.84. The first-order valence-corrected chi connectivity index (χ1v) is 11.8. The van der Waals surface area contributed by atoms with Crippen LogP contribution in [0.2, 0.25) is 0 Å². The lowest BCUT2D eigenvalue weighted by Gasteiger charge is -2.16. The minimum Gasteiger partial charge on any atom is -0.493 e. The number of benzene rings is 2. The molecule has 0 aromatic heterocycles. The zero-order valence-electron chi connectivity index (χ0n) is 20.7. The van der Waals surface area contributed by atoms with Crippen LogP contribution in [0.15, 0.2) is 53.5 Å². The van der Waals surface area contributed by atoms with Crippen molar-refractivity contribution < 1.29 is 19.1 Å². The van der Waals surface area contributed by atoms with Crippen LogP contribution < -0.4 is 20.5 Å². The normalized spacial score (nSPS) is 12.3. The van der Waals surface area contributed by atoms with E-state index in [-0.39, 0.29) is 24.1 Å². The Labute approximate surface area is 202 Å². The molecule has 7 nitrogen and oxygen atoms in total. The maximum atomic E-state index is 13.0. The summed E-state index contributed by atoms with van der Waals surface area (Å²) in [5.74, 6) is 1.30. The molecule has 1 atom stereocenters. The lowest BCUT2D eigenvalue weighted by Crippen LogP contribution is -2.40. The van der Waals surface area contributed by atoms with Gasteiger partial charge in [0.1, 0.15) is 6.04 Å². The third-order valence-corrected chi connectivity index (χ3v) is 5.97. The van der Waals surface area contributed by atoms with E-state index in [1.54, 1.807) is 32.4 Å². The maximum Gasteiger partial charge on any atom is 0.231 e. The number of amides is 1. The number of rotatable bonds is 13. The third-order valence-electron chi connectivity index (χ3n) is 5.97. The van der Waals surface area contributed by atoms with E-state index in [1.807, 2.05) is 30.3 Å². The first kappa shape index (κ1) is 26.9. The number of hydrogen-bond donors (Lipinski definition) is 2. The van der Waals surface area contributed by atoms with Crippen LogP contribution in [0.25, 0.3) is 0 Å². The predicted octanol–water partition coefficient (Wildman–Crippen LogP) is 4.07. The van der Waals surface area contributed by atoms with E-state index < -0.39 is 6.04 Å². The summed E-state index contributed by atoms with van der Waals surface area (Å²) in [4.78, 5) is 30.0. The number of Topliss-reactive ketones (excluding diaryl/α,β-unsaturated/α-hetero) is 1. The first-order chi connectivity index (χ1) is 16.4. The number of hydrogen-bond acceptors (Lipinski definition) is 5. The number of ether oxygens (including phenoxy) is 2. The van der Waals surface area contributed by atoms with Crippen molar-refractivity contribution in [3.63, 3.8) is 0 Å². The number of methoxy groups -OCH3 is 2. The summed E-state index contributed by atoms with van der Waals surface area (Å²) in [7, 11) is 3.10. The Morgan fingerprint density at radius 3 is 2.26 bits per heavy atom. The van der Waals surface area contributed by atoms with Crippen LogP contribution in [-0.4, -0.2) is 37.9 Å². The van der Waals surface area contributed by atoms with Gasteiger partial charge in [-0.1, -0.05) is 63.1 Å². The molecular weight excluding hydrogens is 430 g/mol. The van der Waals surface area contributed by atoms with Gasteiger partial charge < -0.3 is 15.2 Å². The van der Waals surface area contributed by atoms with E-state index in [2.05, 4.69) is 24.2 Å². The van der Waals surface area contributed by atoms with Gasteiger partial charge in [0.25, 0.3) is 0 Å². The third kappa shape index (κ3) is 8.54. The van der Waals surface area contributed by atoms with E-state index in [4.69, 9.17) is 15.2 Å². The molecule has 0 aliphatic heterocycles. The van der Waals surface area contributed by atoms with Gasteiger partial charge in [-0.25, -0.2) is 4.99 Å². The quantitative estimate of drug-likeness (QED) is 0.341. The number of carbonyl (C=O) groups excluding carboxylic acids is 2. The minimum atomic E-state index is -0.641. The molecule has 0 radical (unpaired) electrons. The van der Waals surface area contributed by atoms with E-state index in [9.17, 15) is 9.59 Å². The molecule has 0 aliphatic carbocycles. The zero-order valence-corrected chi connectivity index (χ0v) is 20.7. The molecule has 0 spiro atoms. The fourth-order valence-corrected chi connectivity index (χ4v) is 3.84. The molecular formula is C27H37N3O4. The molecule has 2 rings (SSSR count). The Morgan fingerprint density at radius 2 is 1.65 bits per heavy atom. The Bertz CT molecular complexity index is 956. The fraction of sp³-hybridized carbons (Fsp3) is 0.444. The average molecular weight is 468 g/mol. The van der Waals surface area contributed by atoms with Gasteiger partial charge in [-0.3, -0.25) is 14.9 Å². The molecule has 0 heterocycles. The summed E-state index contributed by atoms with van der Waals surface area (Å²) in [6.45, 7) is 4.29. The number of nitrogens with two attached hydrogens (primary N) is 1. The molecule has 7 heteroatoms. The van der Waals surface area contributed by atoms with Gasteiger partial charge in [-0.2, -0.15) is 0 Å². The molecule has 0 unspecified atom stereocenters. The highest BCUT2D eigenvalue weighted by molar-refractivity contribution is 5.98. The number of carbonyl (C=O) groups is 2. The van der Waals surface area contributed by atoms with Crippen molar-refractivity contribution in [3.05, 3.63) is 59.7 Å². The minimum absolute atomic E-state index is 0.0350. The van der Waals surface area contributed by atoms with Crippen LogP contribution in [0.5, 0.6) is 11.5 Å². The highest BCUT2D eigenvalue weighted by Gasteiger charge is 2.20. The van der Waals surface area contributed by atoms with Crippen LogP contribution >= 0.6 is 0 Å². The first-order valence-electron chi connectivity index (χ1n) is 11.8. The van der Waals surface area contributed by atoms with Crippen molar-refractivity contribution in [2.24, 2.45) is 16.6 Å². The molecule has 0 fully saturated rings. The number of nitrogens with zero attached hydrogens (tertiary/aromatic N) is 1. The number of ketones is 1. The van der Waals surface area contributed by atoms with E-state index in [0.29, 0.717) is 30.3 Å². The molecule has 184 valence electrons. The zero-order chi connectivity index (χ0) is 24.9. The molecule has 0 aliphatic rings. The molecule has 0 saturated carbocycles. The Hall–Kier alpha value is -3.35. The Morgan fingerprint density at radius 1 is 0.971 bits per heavy atom. The second kappa shape index (κ2) is 14.0. The fourth-order valence-electron chi connectivity index (χ4n) is 3.84. The molecule has 2 aromatic carbocycles. The van der Waals surface area contributed by atoms with E-state index >= 15 is 0 Å². The van der Waals surface area contributed by atoms with Crippen LogP contribution in [0, 0.1) is 5.92 Å². The van der Waals surface area contributed by atoms with Gasteiger partial charge in [0.15, 0.2) is 23.2 Å². The van der Waals surface area contributed by atoms with Crippen molar-refractivity contribution >= 4 is 17.6 Å². The maximum absolute atomic E-state index is 13.0. The van der Waals surface area contributed by atoms with Crippen LogP contribution in [-0.2, 0) is 22.4 Å². The van der Waals surface area contributed by atoms with Crippen LogP contribution in [0.1, 0.15) is 50.7 Å². The van der Waals surface area contributed by atoms with Gasteiger partial charge in [-0.05, 0) is 35.6 Å². The lowest BCUT2D eigenvalue weighted by molar-refractivity contribution is -0.121. The second-order valence-electron chi connectivity index (χ2n) is 8.32. The second-order valence-corrected chi connectivity index (χ2v) is 8.32. The molecule has 34 heavy (non-hydrogen) atoms. The van der Waals surface area contributed by atoms with Gasteiger partial charge >= 0.3 is 0 Å². The topological polar surface area (TPSA) is 103 Å². The van der Waals surface area contributed by atoms with Gasteiger partial charge in [0.05, 0.1) is 20.6 Å². The SMILES string of the molecule is CCC(CC)CCC(=O)[C@@H](Cc1ccccc1)N=C(N)NC(=O)Cc1ccc(OC)c(OC)c1. The molecule has 0 saturated heterocycles. The smallest absolute Gasteiger partial charge is 0.231 e. The highest BCUT2D eigenvalue weighted by atomic mass is 16.5. The van der Waals surface area contributed by atoms with Crippen molar-refractivity contribution in [2.45, 2.75) is 58.4 Å². The predicted molar refractivity (Wildman–Crippen MR) is 135 cm³/mol. The summed E-state index contributed by atoms with van der Waals surface area (Å²) >= 11 is 0. The molecule has 1 amide bonds. The highest BCUT2D eigenvalue weighted by Crippen LogP contribution is 2.27. The summed E-state index contributed by atoms with van der Waals surface area (Å²) in [5.41, 5.74) is 7.79. The molecule has 2 aromatic rings. The summed E-state index contributed by atoms with van der Waals surface area (Å²) < 4.78 is 10.5. The summed E-state index contributed by atoms with van der Waals surface area (Å²) in [5, 5.41) is 2.62. The van der Waals surface area contributed by atoms with Gasteiger partial charge in [0.2, 0.25) is 5.91 Å². The van der Waals surface area contributed by atoms with Gasteiger partial charge in [-0.15, -0.1) is 0 Å². The van der Waals surface area contributed by atoms with Crippen molar-refractivity contribution in [1.82, 2.24) is 5.32 Å². The Kier molecular flexibility index (Phi) is 11.1. The Balaban J connectivity index is 2.09. The van der Waals surface area contributed by atoms with Crippen molar-refractivity contribution in [2.75, 3.05) is 14.2 Å². The van der Waals surface area contributed by atoms with Crippen LogP contribution in [0.4, 0.5) is 0 Å². The molecule has 0 bridgehead atoms. The summed E-state index contributed by atoms with van der Waals surface area (Å²) in [6, 6.07) is 14.3. The largest absolute Gasteiger partial charge is 0.493 e. The number of nitrogens with one attached hydrogen (secondary N) is 1. The number of guanidine groups is 1. The summed E-state index contributed by atoms with van der Waals surface area (Å²) in [6.07, 6.45) is 3.89. The van der Waals surface area contributed by atoms with E-state index in [0.717, 1.165) is 30.4 Å². The monoisotopic (exact) mass is 467 g/mol. The van der Waals surface area contributed by atoms with Crippen LogP contribution in [0.3, 0.4) is 0 Å². The van der Waals surface area contributed by atoms with Gasteiger partial charge in [0, 0.05) is 12.8 Å². The lowest BCUT2D eigenvalue weighted by atomic mass is 9.93. The molecule has 3 N–H and O–H groups in total. The van der Waals surface area contributed by atoms with Crippen molar-refractivity contribution in [3.8, 4) is 11.5 Å².